The fraction of sp³-hybridized carbons (Fsp3) is 0.476. The monoisotopic (exact) mass is 414 g/mol. The summed E-state index contributed by atoms with van der Waals surface area (Å²) in [4.78, 5) is 13.7. The van der Waals surface area contributed by atoms with Gasteiger partial charge in [0.05, 0.1) is 26.1 Å². The zero-order valence-electron chi connectivity index (χ0n) is 18.0. The van der Waals surface area contributed by atoms with E-state index in [1.165, 1.54) is 7.11 Å². The molecule has 0 spiro atoms. The number of aliphatic hydroxyl groups excluding tert-OH is 1. The molecule has 1 atom stereocenters. The molecule has 3 rings (SSSR count). The number of aromatic hydroxyl groups is 1. The Labute approximate surface area is 176 Å². The summed E-state index contributed by atoms with van der Waals surface area (Å²) in [6.45, 7) is 8.47. The summed E-state index contributed by atoms with van der Waals surface area (Å²) in [7, 11) is 1.52. The van der Waals surface area contributed by atoms with Crippen LogP contribution < -0.4 is 15.4 Å². The minimum atomic E-state index is -0.173. The number of methoxy groups -OCH3 is 1. The van der Waals surface area contributed by atoms with Gasteiger partial charge >= 0.3 is 0 Å². The third kappa shape index (κ3) is 4.40. The van der Waals surface area contributed by atoms with Crippen molar-refractivity contribution >= 4 is 22.9 Å². The number of nitrogens with zero attached hydrogens (tertiary/aromatic N) is 4. The van der Waals surface area contributed by atoms with Crippen molar-refractivity contribution in [3.05, 3.63) is 30.1 Å². The molecule has 1 aromatic carbocycles. The van der Waals surface area contributed by atoms with Crippen LogP contribution in [0.1, 0.15) is 39.3 Å². The number of ether oxygens (including phenoxy) is 1. The van der Waals surface area contributed by atoms with Crippen LogP contribution >= 0.6 is 0 Å². The quantitative estimate of drug-likeness (QED) is 0.422. The van der Waals surface area contributed by atoms with Crippen LogP contribution in [0.15, 0.2) is 24.5 Å². The largest absolute Gasteiger partial charge is 0.504 e. The van der Waals surface area contributed by atoms with Crippen LogP contribution in [0.5, 0.6) is 11.5 Å². The molecule has 0 fully saturated rings. The standard InChI is InChI=1S/C21H30N6O3/c1-12(2)15(10-28)24-21-25-19(17-20(26-21)27(11-23-17)13(3)4)22-9-14-7-6-8-16(30-5)18(14)29/h6-8,11-13,15,28-29H,9-10H2,1-5H3,(H2,22,24,25,26). The lowest BCUT2D eigenvalue weighted by molar-refractivity contribution is 0.248. The van der Waals surface area contributed by atoms with E-state index in [0.717, 1.165) is 0 Å². The highest BCUT2D eigenvalue weighted by Gasteiger charge is 2.19. The van der Waals surface area contributed by atoms with E-state index in [0.29, 0.717) is 40.8 Å². The summed E-state index contributed by atoms with van der Waals surface area (Å²) in [5.74, 6) is 1.66. The first-order chi connectivity index (χ1) is 14.3. The van der Waals surface area contributed by atoms with Gasteiger partial charge in [-0.25, -0.2) is 4.98 Å². The van der Waals surface area contributed by atoms with E-state index in [1.54, 1.807) is 12.4 Å². The molecule has 2 heterocycles. The van der Waals surface area contributed by atoms with Gasteiger partial charge in [0, 0.05) is 18.2 Å². The predicted molar refractivity (Wildman–Crippen MR) is 117 cm³/mol. The van der Waals surface area contributed by atoms with Gasteiger partial charge in [-0.15, -0.1) is 0 Å². The lowest BCUT2D eigenvalue weighted by Gasteiger charge is -2.20. The third-order valence-corrected chi connectivity index (χ3v) is 5.04. The van der Waals surface area contributed by atoms with Crippen LogP contribution in [0.25, 0.3) is 11.2 Å². The van der Waals surface area contributed by atoms with Gasteiger partial charge in [-0.05, 0) is 25.8 Å². The molecule has 0 amide bonds. The first kappa shape index (κ1) is 21.6. The number of benzene rings is 1. The maximum atomic E-state index is 10.4. The van der Waals surface area contributed by atoms with E-state index >= 15 is 0 Å². The van der Waals surface area contributed by atoms with Gasteiger partial charge in [-0.2, -0.15) is 9.97 Å². The molecular weight excluding hydrogens is 384 g/mol. The van der Waals surface area contributed by atoms with Gasteiger partial charge in [0.1, 0.15) is 0 Å². The number of anilines is 2. The van der Waals surface area contributed by atoms with Crippen molar-refractivity contribution < 1.29 is 14.9 Å². The van der Waals surface area contributed by atoms with Crippen LogP contribution in [0.2, 0.25) is 0 Å². The van der Waals surface area contributed by atoms with E-state index in [1.807, 2.05) is 30.5 Å². The van der Waals surface area contributed by atoms with Crippen LogP contribution in [0, 0.1) is 5.92 Å². The zero-order valence-corrected chi connectivity index (χ0v) is 18.0. The molecule has 162 valence electrons. The lowest BCUT2D eigenvalue weighted by Crippen LogP contribution is -2.30. The Morgan fingerprint density at radius 3 is 2.57 bits per heavy atom. The number of rotatable bonds is 9. The Hall–Kier alpha value is -3.07. The van der Waals surface area contributed by atoms with Crippen molar-refractivity contribution in [3.63, 3.8) is 0 Å². The average molecular weight is 415 g/mol. The van der Waals surface area contributed by atoms with Gasteiger partial charge in [0.2, 0.25) is 5.95 Å². The molecule has 0 aliphatic rings. The molecule has 9 heteroatoms. The number of fused-ring (bicyclic) bond motifs is 1. The Balaban J connectivity index is 1.98. The lowest BCUT2D eigenvalue weighted by atomic mass is 10.1. The summed E-state index contributed by atoms with van der Waals surface area (Å²) in [6.07, 6.45) is 1.74. The molecule has 3 aromatic rings. The van der Waals surface area contributed by atoms with Crippen molar-refractivity contribution in [2.45, 2.75) is 46.3 Å². The highest BCUT2D eigenvalue weighted by Crippen LogP contribution is 2.30. The van der Waals surface area contributed by atoms with Crippen molar-refractivity contribution in [1.29, 1.82) is 0 Å². The fourth-order valence-electron chi connectivity index (χ4n) is 3.13. The number of phenolic OH excluding ortho intramolecular Hbond substituents is 1. The van der Waals surface area contributed by atoms with E-state index < -0.39 is 0 Å². The van der Waals surface area contributed by atoms with E-state index in [9.17, 15) is 10.2 Å². The third-order valence-electron chi connectivity index (χ3n) is 5.04. The molecule has 0 aliphatic heterocycles. The van der Waals surface area contributed by atoms with Gasteiger partial charge in [0.25, 0.3) is 0 Å². The fourth-order valence-corrected chi connectivity index (χ4v) is 3.13. The van der Waals surface area contributed by atoms with Gasteiger partial charge in [-0.3, -0.25) is 0 Å². The Morgan fingerprint density at radius 1 is 1.17 bits per heavy atom. The number of nitrogens with one attached hydrogen (secondary N) is 2. The number of hydrogen-bond donors (Lipinski definition) is 4. The number of hydrogen-bond acceptors (Lipinski definition) is 8. The normalized spacial score (nSPS) is 12.5. The molecule has 9 nitrogen and oxygen atoms in total. The number of phenols is 1. The van der Waals surface area contributed by atoms with Crippen LogP contribution in [0.4, 0.5) is 11.8 Å². The highest BCUT2D eigenvalue weighted by atomic mass is 16.5. The van der Waals surface area contributed by atoms with Crippen molar-refractivity contribution in [2.24, 2.45) is 5.92 Å². The van der Waals surface area contributed by atoms with Crippen LogP contribution in [-0.4, -0.2) is 49.5 Å². The second kappa shape index (κ2) is 9.17. The second-order valence-electron chi connectivity index (χ2n) is 7.81. The first-order valence-corrected chi connectivity index (χ1v) is 10.1. The van der Waals surface area contributed by atoms with Crippen molar-refractivity contribution in [3.8, 4) is 11.5 Å². The number of aromatic nitrogens is 4. The van der Waals surface area contributed by atoms with Crippen molar-refractivity contribution in [1.82, 2.24) is 19.5 Å². The summed E-state index contributed by atoms with van der Waals surface area (Å²) >= 11 is 0. The topological polar surface area (TPSA) is 117 Å². The van der Waals surface area contributed by atoms with E-state index in [4.69, 9.17) is 4.74 Å². The SMILES string of the molecule is COc1cccc(CNc2nc(NC(CO)C(C)C)nc3c2ncn3C(C)C)c1O. The average Bonchev–Trinajstić information content (AvgIpc) is 3.15. The number of imidazole rings is 1. The smallest absolute Gasteiger partial charge is 0.227 e. The summed E-state index contributed by atoms with van der Waals surface area (Å²) in [6, 6.07) is 5.34. The van der Waals surface area contributed by atoms with Crippen molar-refractivity contribution in [2.75, 3.05) is 24.4 Å². The molecule has 4 N–H and O–H groups in total. The predicted octanol–water partition coefficient (Wildman–Crippen LogP) is 3.16. The van der Waals surface area contributed by atoms with E-state index in [-0.39, 0.29) is 30.4 Å². The first-order valence-electron chi connectivity index (χ1n) is 10.1. The maximum Gasteiger partial charge on any atom is 0.227 e. The summed E-state index contributed by atoms with van der Waals surface area (Å²) < 4.78 is 7.15. The van der Waals surface area contributed by atoms with Gasteiger partial charge in [-0.1, -0.05) is 26.0 Å². The zero-order chi connectivity index (χ0) is 21.8. The van der Waals surface area contributed by atoms with E-state index in [2.05, 4.69) is 39.4 Å². The number of para-hydroxylation sites is 1. The Bertz CT molecular complexity index is 1000. The maximum absolute atomic E-state index is 10.4. The molecular formula is C21H30N6O3. The minimum Gasteiger partial charge on any atom is -0.504 e. The summed E-state index contributed by atoms with van der Waals surface area (Å²) in [5.41, 5.74) is 2.01. The van der Waals surface area contributed by atoms with Crippen LogP contribution in [0.3, 0.4) is 0 Å². The Kier molecular flexibility index (Phi) is 6.61. The molecule has 1 unspecified atom stereocenters. The molecule has 30 heavy (non-hydrogen) atoms. The number of aliphatic hydroxyl groups is 1. The minimum absolute atomic E-state index is 0.0249. The molecule has 0 saturated carbocycles. The molecule has 0 saturated heterocycles. The van der Waals surface area contributed by atoms with Crippen LogP contribution in [-0.2, 0) is 6.54 Å². The van der Waals surface area contributed by atoms with Gasteiger partial charge < -0.3 is 30.2 Å². The summed E-state index contributed by atoms with van der Waals surface area (Å²) in [5, 5.41) is 26.5. The Morgan fingerprint density at radius 2 is 1.93 bits per heavy atom. The second-order valence-corrected chi connectivity index (χ2v) is 7.81. The highest BCUT2D eigenvalue weighted by molar-refractivity contribution is 5.84. The van der Waals surface area contributed by atoms with Gasteiger partial charge in [0.15, 0.2) is 28.5 Å². The molecule has 0 radical (unpaired) electrons. The molecule has 2 aromatic heterocycles. The molecule has 0 aliphatic carbocycles. The molecule has 0 bridgehead atoms.